The normalized spacial score (nSPS) is 14.8. The fourth-order valence-corrected chi connectivity index (χ4v) is 3.19. The molecule has 11 nitrogen and oxygen atoms in total. The van der Waals surface area contributed by atoms with Gasteiger partial charge in [-0.25, -0.2) is 0 Å². The van der Waals surface area contributed by atoms with E-state index >= 15 is 0 Å². The summed E-state index contributed by atoms with van der Waals surface area (Å²) in [4.78, 5) is 51.6. The zero-order valence-electron chi connectivity index (χ0n) is 17.4. The molecule has 0 saturated carbocycles. The molecule has 4 unspecified atom stereocenters. The van der Waals surface area contributed by atoms with Gasteiger partial charge in [0.15, 0.2) is 0 Å². The van der Waals surface area contributed by atoms with E-state index in [-0.39, 0.29) is 12.2 Å². The quantitative estimate of drug-likeness (QED) is 0.186. The summed E-state index contributed by atoms with van der Waals surface area (Å²) in [6.07, 6.45) is 1.78. The van der Waals surface area contributed by atoms with Gasteiger partial charge in [0.25, 0.3) is 0 Å². The second kappa shape index (κ2) is 11.5. The van der Waals surface area contributed by atoms with Gasteiger partial charge >= 0.3 is 5.97 Å². The second-order valence-electron chi connectivity index (χ2n) is 7.23. The fraction of sp³-hybridized carbons (Fsp3) is 0.400. The number of aliphatic carboxylic acids is 1. The molecule has 1 aromatic heterocycles. The van der Waals surface area contributed by atoms with Crippen LogP contribution in [0, 0.1) is 0 Å². The highest BCUT2D eigenvalue weighted by Gasteiger charge is 2.29. The third-order valence-corrected chi connectivity index (χ3v) is 5.18. The predicted molar refractivity (Wildman–Crippen MR) is 120 cm³/mol. The van der Waals surface area contributed by atoms with Crippen molar-refractivity contribution in [3.63, 3.8) is 0 Å². The Kier molecular flexibility index (Phi) is 9.05. The molecule has 174 valence electrons. The van der Waals surface area contributed by atoms with Crippen LogP contribution in [0.5, 0.6) is 0 Å². The van der Waals surface area contributed by atoms with Crippen molar-refractivity contribution in [1.29, 1.82) is 0 Å². The van der Waals surface area contributed by atoms with Gasteiger partial charge < -0.3 is 36.9 Å². The van der Waals surface area contributed by atoms with E-state index in [1.807, 2.05) is 24.3 Å². The molecule has 0 aliphatic rings. The maximum Gasteiger partial charge on any atom is 0.325 e. The van der Waals surface area contributed by atoms with Gasteiger partial charge in [0.05, 0.1) is 6.61 Å². The van der Waals surface area contributed by atoms with Gasteiger partial charge in [0.1, 0.15) is 24.2 Å². The lowest BCUT2D eigenvalue weighted by Crippen LogP contribution is -2.58. The molecule has 4 atom stereocenters. The van der Waals surface area contributed by atoms with Gasteiger partial charge in [-0.2, -0.15) is 12.6 Å². The number of aliphatic hydroxyl groups is 1. The summed E-state index contributed by atoms with van der Waals surface area (Å²) in [6.45, 7) is 0.677. The van der Waals surface area contributed by atoms with E-state index in [2.05, 4.69) is 33.6 Å². The molecule has 0 aliphatic carbocycles. The van der Waals surface area contributed by atoms with Crippen LogP contribution in [-0.2, 0) is 25.6 Å². The number of rotatable bonds is 11. The Morgan fingerprint density at radius 2 is 1.69 bits per heavy atom. The first-order chi connectivity index (χ1) is 15.2. The molecule has 0 aliphatic heterocycles. The zero-order chi connectivity index (χ0) is 23.8. The molecule has 0 radical (unpaired) electrons. The van der Waals surface area contributed by atoms with E-state index in [0.717, 1.165) is 16.5 Å². The minimum absolute atomic E-state index is 0.0756. The maximum absolute atomic E-state index is 13.0. The number of amides is 3. The van der Waals surface area contributed by atoms with Gasteiger partial charge in [0.2, 0.25) is 17.7 Å². The first kappa shape index (κ1) is 25.2. The summed E-state index contributed by atoms with van der Waals surface area (Å²) in [5.74, 6) is -3.49. The number of nitrogens with one attached hydrogen (secondary N) is 4. The van der Waals surface area contributed by atoms with E-state index in [4.69, 9.17) is 15.9 Å². The molecule has 2 aromatic rings. The molecule has 0 bridgehead atoms. The van der Waals surface area contributed by atoms with Crippen molar-refractivity contribution < 1.29 is 29.4 Å². The molecule has 1 aromatic carbocycles. The van der Waals surface area contributed by atoms with Crippen LogP contribution in [0.15, 0.2) is 30.5 Å². The number of aromatic nitrogens is 1. The van der Waals surface area contributed by atoms with Crippen molar-refractivity contribution in [2.24, 2.45) is 5.73 Å². The van der Waals surface area contributed by atoms with Gasteiger partial charge in [-0.05, 0) is 18.6 Å². The van der Waals surface area contributed by atoms with Crippen LogP contribution in [0.25, 0.3) is 10.9 Å². The Hall–Kier alpha value is -3.09. The van der Waals surface area contributed by atoms with E-state index in [0.29, 0.717) is 0 Å². The Bertz CT molecular complexity index is 980. The minimum Gasteiger partial charge on any atom is -0.480 e. The number of fused-ring (bicyclic) bond motifs is 1. The number of hydrogen-bond acceptors (Lipinski definition) is 7. The number of hydrogen-bond donors (Lipinski definition) is 8. The average molecular weight is 466 g/mol. The van der Waals surface area contributed by atoms with Crippen LogP contribution in [0.2, 0.25) is 0 Å². The third kappa shape index (κ3) is 6.45. The monoisotopic (exact) mass is 465 g/mol. The van der Waals surface area contributed by atoms with Crippen molar-refractivity contribution in [1.82, 2.24) is 20.9 Å². The Morgan fingerprint density at radius 1 is 1.06 bits per heavy atom. The number of aliphatic hydroxyl groups excluding tert-OH is 1. The van der Waals surface area contributed by atoms with Crippen molar-refractivity contribution in [3.8, 4) is 0 Å². The second-order valence-corrected chi connectivity index (χ2v) is 7.59. The fourth-order valence-electron chi connectivity index (χ4n) is 2.93. The van der Waals surface area contributed by atoms with Crippen molar-refractivity contribution in [2.45, 2.75) is 37.5 Å². The maximum atomic E-state index is 13.0. The molecule has 8 N–H and O–H groups in total. The average Bonchev–Trinajstić information content (AvgIpc) is 3.18. The highest BCUT2D eigenvalue weighted by molar-refractivity contribution is 7.80. The topological polar surface area (TPSA) is 187 Å². The lowest BCUT2D eigenvalue weighted by Gasteiger charge is -2.23. The number of aromatic amines is 1. The number of carbonyl (C=O) groups is 4. The van der Waals surface area contributed by atoms with Crippen LogP contribution < -0.4 is 21.7 Å². The molecule has 0 fully saturated rings. The summed E-state index contributed by atoms with van der Waals surface area (Å²) in [5.41, 5.74) is 7.14. The van der Waals surface area contributed by atoms with Crippen LogP contribution in [0.3, 0.4) is 0 Å². The number of carbonyl (C=O) groups excluding carboxylic acids is 3. The van der Waals surface area contributed by atoms with Crippen LogP contribution in [-0.4, -0.2) is 75.4 Å². The van der Waals surface area contributed by atoms with Crippen molar-refractivity contribution in [3.05, 3.63) is 36.0 Å². The molecule has 32 heavy (non-hydrogen) atoms. The van der Waals surface area contributed by atoms with E-state index in [9.17, 15) is 19.2 Å². The highest BCUT2D eigenvalue weighted by Crippen LogP contribution is 2.19. The van der Waals surface area contributed by atoms with Crippen LogP contribution in [0.1, 0.15) is 12.5 Å². The van der Waals surface area contributed by atoms with Crippen molar-refractivity contribution in [2.75, 3.05) is 12.4 Å². The van der Waals surface area contributed by atoms with E-state index in [1.165, 1.54) is 6.92 Å². The van der Waals surface area contributed by atoms with Gasteiger partial charge in [-0.15, -0.1) is 0 Å². The van der Waals surface area contributed by atoms with Crippen LogP contribution in [0.4, 0.5) is 0 Å². The van der Waals surface area contributed by atoms with Gasteiger partial charge in [-0.3, -0.25) is 19.2 Å². The molecule has 3 amide bonds. The number of carboxylic acids is 1. The molecule has 1 heterocycles. The molecule has 0 spiro atoms. The number of thiol groups is 1. The number of benzene rings is 1. The smallest absolute Gasteiger partial charge is 0.325 e. The standard InChI is InChI=1S/C20H27N5O6S/c1-10(20(30)31)23-19(29)16(9-32)25-18(28)15(24-17(27)13(21)8-26)6-11-7-22-14-5-3-2-4-12(11)14/h2-5,7,10,13,15-16,22,26,32H,6,8-9,21H2,1H3,(H,23,29)(H,24,27)(H,25,28)(H,30,31). The Morgan fingerprint density at radius 3 is 2.31 bits per heavy atom. The molecule has 12 heteroatoms. The molecule has 0 saturated heterocycles. The van der Waals surface area contributed by atoms with Gasteiger partial charge in [-0.1, -0.05) is 18.2 Å². The number of carboxylic acid groups (broad SMARTS) is 1. The summed E-state index contributed by atoms with van der Waals surface area (Å²) in [5, 5.41) is 26.2. The first-order valence-corrected chi connectivity index (χ1v) is 10.5. The summed E-state index contributed by atoms with van der Waals surface area (Å²) in [7, 11) is 0. The Balaban J connectivity index is 2.21. The van der Waals surface area contributed by atoms with Crippen LogP contribution >= 0.6 is 12.6 Å². The number of H-pyrrole nitrogens is 1. The van der Waals surface area contributed by atoms with E-state index in [1.54, 1.807) is 6.20 Å². The van der Waals surface area contributed by atoms with Gasteiger partial charge in [0, 0.05) is 29.3 Å². The third-order valence-electron chi connectivity index (χ3n) is 4.81. The molecule has 2 rings (SSSR count). The summed E-state index contributed by atoms with van der Waals surface area (Å²) in [6, 6.07) is 2.75. The van der Waals surface area contributed by atoms with E-state index < -0.39 is 54.5 Å². The number of para-hydroxylation sites is 1. The summed E-state index contributed by atoms with van der Waals surface area (Å²) >= 11 is 4.06. The molecular weight excluding hydrogens is 438 g/mol. The highest BCUT2D eigenvalue weighted by atomic mass is 32.1. The number of nitrogens with two attached hydrogens (primary N) is 1. The van der Waals surface area contributed by atoms with Crippen molar-refractivity contribution >= 4 is 47.2 Å². The largest absolute Gasteiger partial charge is 0.480 e. The SMILES string of the molecule is CC(NC(=O)C(CS)NC(=O)C(Cc1c[nH]c2ccccc12)NC(=O)C(N)CO)C(=O)O. The zero-order valence-corrected chi connectivity index (χ0v) is 18.3. The molecular formula is C20H27N5O6S. The first-order valence-electron chi connectivity index (χ1n) is 9.84. The minimum atomic E-state index is -1.23. The predicted octanol–water partition coefficient (Wildman–Crippen LogP) is -1.48. The summed E-state index contributed by atoms with van der Waals surface area (Å²) < 4.78 is 0. The Labute approximate surface area is 189 Å². The lowest BCUT2D eigenvalue weighted by atomic mass is 10.0. The lowest BCUT2D eigenvalue weighted by molar-refractivity contribution is -0.141.